The number of nitrogens with zero attached hydrogens (tertiary/aromatic N) is 2. The summed E-state index contributed by atoms with van der Waals surface area (Å²) in [5, 5.41) is 3.46. The number of fused-ring (bicyclic) bond motifs is 1. The summed E-state index contributed by atoms with van der Waals surface area (Å²) in [4.78, 5) is 37.4. The van der Waals surface area contributed by atoms with Gasteiger partial charge in [-0.2, -0.15) is 4.37 Å². The number of hydrogen-bond donors (Lipinski definition) is 1. The second-order valence-electron chi connectivity index (χ2n) is 5.29. The second-order valence-corrected chi connectivity index (χ2v) is 6.10. The number of amides is 3. The first-order chi connectivity index (χ1) is 11.1. The molecule has 1 aliphatic heterocycles. The van der Waals surface area contributed by atoms with Gasteiger partial charge in [-0.05, 0) is 43.1 Å². The summed E-state index contributed by atoms with van der Waals surface area (Å²) in [5.74, 6) is -0.724. The summed E-state index contributed by atoms with van der Waals surface area (Å²) in [5.41, 5.74) is 1.72. The van der Waals surface area contributed by atoms with Crippen LogP contribution >= 0.6 is 11.5 Å². The fourth-order valence-electron chi connectivity index (χ4n) is 2.46. The highest BCUT2D eigenvalue weighted by Crippen LogP contribution is 2.22. The molecule has 0 radical (unpaired) electrons. The van der Waals surface area contributed by atoms with Crippen molar-refractivity contribution < 1.29 is 14.4 Å². The first-order valence-corrected chi connectivity index (χ1v) is 8.02. The average molecular weight is 329 g/mol. The van der Waals surface area contributed by atoms with E-state index in [-0.39, 0.29) is 30.7 Å². The van der Waals surface area contributed by atoms with Crippen LogP contribution in [0, 0.1) is 6.92 Å². The predicted octanol–water partition coefficient (Wildman–Crippen LogP) is 2.47. The fourth-order valence-corrected chi connectivity index (χ4v) is 3.14. The van der Waals surface area contributed by atoms with Crippen molar-refractivity contribution in [3.63, 3.8) is 0 Å². The number of benzene rings is 1. The van der Waals surface area contributed by atoms with Crippen molar-refractivity contribution in [1.82, 2.24) is 9.27 Å². The Kier molecular flexibility index (Phi) is 4.20. The van der Waals surface area contributed by atoms with Crippen LogP contribution in [0.15, 0.2) is 30.3 Å². The van der Waals surface area contributed by atoms with Crippen molar-refractivity contribution in [2.75, 3.05) is 11.9 Å². The van der Waals surface area contributed by atoms with Gasteiger partial charge in [0.05, 0.1) is 16.8 Å². The van der Waals surface area contributed by atoms with Crippen LogP contribution in [0.5, 0.6) is 0 Å². The third kappa shape index (κ3) is 3.14. The number of imide groups is 1. The number of rotatable bonds is 5. The van der Waals surface area contributed by atoms with Gasteiger partial charge < -0.3 is 5.32 Å². The van der Waals surface area contributed by atoms with Crippen molar-refractivity contribution in [2.45, 2.75) is 19.8 Å². The monoisotopic (exact) mass is 329 g/mol. The summed E-state index contributed by atoms with van der Waals surface area (Å²) in [6, 6.07) is 8.56. The quantitative estimate of drug-likeness (QED) is 0.855. The first-order valence-electron chi connectivity index (χ1n) is 7.24. The van der Waals surface area contributed by atoms with E-state index in [0.29, 0.717) is 22.5 Å². The lowest BCUT2D eigenvalue weighted by Gasteiger charge is -2.13. The van der Waals surface area contributed by atoms with E-state index in [0.717, 1.165) is 5.69 Å². The molecule has 0 saturated heterocycles. The van der Waals surface area contributed by atoms with Gasteiger partial charge in [0.15, 0.2) is 0 Å². The lowest BCUT2D eigenvalue weighted by molar-refractivity contribution is -0.116. The molecule has 2 aromatic rings. The number of aryl methyl sites for hydroxylation is 1. The Balaban J connectivity index is 1.52. The van der Waals surface area contributed by atoms with E-state index in [1.54, 1.807) is 30.3 Å². The molecule has 0 unspecified atom stereocenters. The smallest absolute Gasteiger partial charge is 0.261 e. The molecule has 118 valence electrons. The zero-order valence-electron chi connectivity index (χ0n) is 12.5. The Hall–Kier alpha value is -2.54. The van der Waals surface area contributed by atoms with Crippen LogP contribution in [-0.2, 0) is 4.79 Å². The highest BCUT2D eigenvalue weighted by atomic mass is 32.1. The summed E-state index contributed by atoms with van der Waals surface area (Å²) in [7, 11) is 0. The lowest BCUT2D eigenvalue weighted by atomic mass is 10.1. The first kappa shape index (κ1) is 15.4. The van der Waals surface area contributed by atoms with Crippen LogP contribution in [0.25, 0.3) is 0 Å². The fraction of sp³-hybridized carbons (Fsp3) is 0.250. The minimum atomic E-state index is -0.288. The zero-order chi connectivity index (χ0) is 16.4. The minimum absolute atomic E-state index is 0.148. The SMILES string of the molecule is Cc1cc(NC(=O)CCCN2C(=O)c3ccccc3C2=O)sn1. The summed E-state index contributed by atoms with van der Waals surface area (Å²) in [6.07, 6.45) is 0.666. The Morgan fingerprint density at radius 2 is 1.87 bits per heavy atom. The van der Waals surface area contributed by atoms with E-state index in [2.05, 4.69) is 9.69 Å². The third-order valence-corrected chi connectivity index (χ3v) is 4.35. The summed E-state index contributed by atoms with van der Waals surface area (Å²) < 4.78 is 4.09. The standard InChI is InChI=1S/C16H15N3O3S/c1-10-9-14(23-18-10)17-13(20)7-4-8-19-15(21)11-5-2-3-6-12(11)16(19)22/h2-3,5-6,9H,4,7-8H2,1H3,(H,17,20). The van der Waals surface area contributed by atoms with Gasteiger partial charge in [0, 0.05) is 13.0 Å². The van der Waals surface area contributed by atoms with E-state index in [9.17, 15) is 14.4 Å². The molecule has 3 rings (SSSR count). The second kappa shape index (κ2) is 6.29. The average Bonchev–Trinajstić information content (AvgIpc) is 3.04. The Bertz CT molecular complexity index is 749. The van der Waals surface area contributed by atoms with Crippen LogP contribution in [0.3, 0.4) is 0 Å². The van der Waals surface area contributed by atoms with E-state index in [1.165, 1.54) is 16.4 Å². The number of anilines is 1. The molecular formula is C16H15N3O3S. The van der Waals surface area contributed by atoms with Gasteiger partial charge in [0.1, 0.15) is 5.00 Å². The molecule has 2 heterocycles. The van der Waals surface area contributed by atoms with Crippen LogP contribution in [0.2, 0.25) is 0 Å². The minimum Gasteiger partial charge on any atom is -0.316 e. The molecule has 6 nitrogen and oxygen atoms in total. The molecule has 23 heavy (non-hydrogen) atoms. The molecule has 1 aromatic carbocycles. The predicted molar refractivity (Wildman–Crippen MR) is 86.5 cm³/mol. The number of nitrogens with one attached hydrogen (secondary N) is 1. The van der Waals surface area contributed by atoms with Gasteiger partial charge in [-0.3, -0.25) is 19.3 Å². The Morgan fingerprint density at radius 3 is 2.43 bits per heavy atom. The van der Waals surface area contributed by atoms with Crippen molar-refractivity contribution in [1.29, 1.82) is 0 Å². The third-order valence-electron chi connectivity index (χ3n) is 3.55. The normalized spacial score (nSPS) is 13.3. The number of hydrogen-bond acceptors (Lipinski definition) is 5. The Labute approximate surface area is 137 Å². The van der Waals surface area contributed by atoms with E-state index < -0.39 is 0 Å². The number of aromatic nitrogens is 1. The molecule has 3 amide bonds. The maximum atomic E-state index is 12.2. The highest BCUT2D eigenvalue weighted by molar-refractivity contribution is 7.10. The van der Waals surface area contributed by atoms with Gasteiger partial charge in [-0.25, -0.2) is 0 Å². The lowest BCUT2D eigenvalue weighted by Crippen LogP contribution is -2.31. The summed E-state index contributed by atoms with van der Waals surface area (Å²) in [6.45, 7) is 2.09. The number of carbonyl (C=O) groups excluding carboxylic acids is 3. The van der Waals surface area contributed by atoms with E-state index in [1.807, 2.05) is 6.92 Å². The highest BCUT2D eigenvalue weighted by Gasteiger charge is 2.34. The molecule has 0 aliphatic carbocycles. The molecule has 0 atom stereocenters. The molecule has 0 fully saturated rings. The molecule has 1 N–H and O–H groups in total. The van der Waals surface area contributed by atoms with E-state index >= 15 is 0 Å². The molecule has 0 spiro atoms. The van der Waals surface area contributed by atoms with Crippen LogP contribution < -0.4 is 5.32 Å². The maximum Gasteiger partial charge on any atom is 0.261 e. The van der Waals surface area contributed by atoms with Gasteiger partial charge in [-0.15, -0.1) is 0 Å². The van der Waals surface area contributed by atoms with Crippen LogP contribution in [0.1, 0.15) is 39.3 Å². The van der Waals surface area contributed by atoms with Crippen molar-refractivity contribution in [3.05, 3.63) is 47.2 Å². The topological polar surface area (TPSA) is 79.4 Å². The molecule has 0 saturated carbocycles. The molecular weight excluding hydrogens is 314 g/mol. The van der Waals surface area contributed by atoms with Crippen LogP contribution in [-0.4, -0.2) is 33.5 Å². The van der Waals surface area contributed by atoms with Gasteiger partial charge in [0.2, 0.25) is 5.91 Å². The Morgan fingerprint density at radius 1 is 1.22 bits per heavy atom. The molecule has 1 aromatic heterocycles. The maximum absolute atomic E-state index is 12.2. The van der Waals surface area contributed by atoms with Gasteiger partial charge >= 0.3 is 0 Å². The summed E-state index contributed by atoms with van der Waals surface area (Å²) >= 11 is 1.23. The van der Waals surface area contributed by atoms with Crippen molar-refractivity contribution >= 4 is 34.3 Å². The van der Waals surface area contributed by atoms with E-state index in [4.69, 9.17) is 0 Å². The molecule has 0 bridgehead atoms. The van der Waals surface area contributed by atoms with Crippen LogP contribution in [0.4, 0.5) is 5.00 Å². The molecule has 7 heteroatoms. The van der Waals surface area contributed by atoms with Crippen molar-refractivity contribution in [3.8, 4) is 0 Å². The van der Waals surface area contributed by atoms with Crippen molar-refractivity contribution in [2.24, 2.45) is 0 Å². The molecule has 1 aliphatic rings. The zero-order valence-corrected chi connectivity index (χ0v) is 13.4. The number of carbonyl (C=O) groups is 3. The largest absolute Gasteiger partial charge is 0.316 e. The van der Waals surface area contributed by atoms with Gasteiger partial charge in [-0.1, -0.05) is 12.1 Å². The van der Waals surface area contributed by atoms with Gasteiger partial charge in [0.25, 0.3) is 11.8 Å².